The molecule has 4 rings (SSSR count). The van der Waals surface area contributed by atoms with E-state index in [2.05, 4.69) is 15.3 Å². The van der Waals surface area contributed by atoms with Crippen LogP contribution in [0.25, 0.3) is 11.0 Å². The molecule has 0 radical (unpaired) electrons. The van der Waals surface area contributed by atoms with E-state index in [4.69, 9.17) is 0 Å². The molecule has 2 aromatic heterocycles. The van der Waals surface area contributed by atoms with Crippen LogP contribution in [0.3, 0.4) is 0 Å². The highest BCUT2D eigenvalue weighted by molar-refractivity contribution is 7.89. The van der Waals surface area contributed by atoms with Crippen molar-refractivity contribution < 1.29 is 13.2 Å². The Morgan fingerprint density at radius 2 is 1.83 bits per heavy atom. The quantitative estimate of drug-likeness (QED) is 0.633. The molecule has 1 aliphatic heterocycles. The molecule has 1 amide bonds. The molecule has 29 heavy (non-hydrogen) atoms. The van der Waals surface area contributed by atoms with Crippen LogP contribution in [-0.2, 0) is 21.4 Å². The summed E-state index contributed by atoms with van der Waals surface area (Å²) in [4.78, 5) is 21.5. The maximum Gasteiger partial charge on any atom is 0.245 e. The Morgan fingerprint density at radius 3 is 2.59 bits per heavy atom. The number of sulfonamides is 1. The van der Waals surface area contributed by atoms with Crippen molar-refractivity contribution in [2.24, 2.45) is 0 Å². The maximum absolute atomic E-state index is 13.0. The Hall–Kier alpha value is -2.75. The Morgan fingerprint density at radius 1 is 1.07 bits per heavy atom. The van der Waals surface area contributed by atoms with Crippen LogP contribution in [0.2, 0.25) is 0 Å². The minimum Gasteiger partial charge on any atom is -0.351 e. The van der Waals surface area contributed by atoms with Crippen LogP contribution >= 0.6 is 0 Å². The van der Waals surface area contributed by atoms with Crippen molar-refractivity contribution >= 4 is 27.0 Å². The Balaban J connectivity index is 1.32. The second-order valence-electron chi connectivity index (χ2n) is 7.00. The fourth-order valence-electron chi connectivity index (χ4n) is 3.47. The van der Waals surface area contributed by atoms with E-state index < -0.39 is 10.0 Å². The van der Waals surface area contributed by atoms with Crippen LogP contribution in [0.15, 0.2) is 59.8 Å². The summed E-state index contributed by atoms with van der Waals surface area (Å²) in [6.07, 6.45) is 3.12. The smallest absolute Gasteiger partial charge is 0.245 e. The molecule has 1 fully saturated rings. The number of hydrogen-bond acceptors (Lipinski definition) is 5. The van der Waals surface area contributed by atoms with E-state index in [0.717, 1.165) is 5.56 Å². The monoisotopic (exact) mass is 413 g/mol. The van der Waals surface area contributed by atoms with E-state index in [9.17, 15) is 13.2 Å². The lowest BCUT2D eigenvalue weighted by Gasteiger charge is -2.33. The zero-order valence-electron chi connectivity index (χ0n) is 15.9. The van der Waals surface area contributed by atoms with Crippen molar-refractivity contribution in [1.29, 1.82) is 0 Å². The average Bonchev–Trinajstić information content (AvgIpc) is 3.18. The summed E-state index contributed by atoms with van der Waals surface area (Å²) in [6.45, 7) is 2.47. The predicted octanol–water partition coefficient (Wildman–Crippen LogP) is 1.19. The number of benzene rings is 1. The molecular formula is C20H23N5O3S. The van der Waals surface area contributed by atoms with Crippen molar-refractivity contribution in [1.82, 2.24) is 24.5 Å². The van der Waals surface area contributed by atoms with E-state index in [0.29, 0.717) is 43.8 Å². The lowest BCUT2D eigenvalue weighted by Crippen LogP contribution is -2.50. The van der Waals surface area contributed by atoms with Crippen LogP contribution in [0, 0.1) is 0 Å². The number of aromatic nitrogens is 2. The van der Waals surface area contributed by atoms with Crippen molar-refractivity contribution in [2.75, 3.05) is 32.7 Å². The SMILES string of the molecule is O=C(CN1CCN(S(=O)(=O)c2c[nH]c3ncccc23)CC1)NCc1ccccc1. The van der Waals surface area contributed by atoms with Gasteiger partial charge in [0.25, 0.3) is 0 Å². The second kappa shape index (κ2) is 8.32. The first-order valence-electron chi connectivity index (χ1n) is 9.49. The third-order valence-corrected chi connectivity index (χ3v) is 7.00. The largest absolute Gasteiger partial charge is 0.351 e. The zero-order valence-corrected chi connectivity index (χ0v) is 16.7. The molecule has 2 N–H and O–H groups in total. The zero-order chi connectivity index (χ0) is 20.3. The van der Waals surface area contributed by atoms with Gasteiger partial charge in [0.1, 0.15) is 10.5 Å². The predicted molar refractivity (Wildman–Crippen MR) is 110 cm³/mol. The summed E-state index contributed by atoms with van der Waals surface area (Å²) in [5, 5.41) is 3.50. The highest BCUT2D eigenvalue weighted by atomic mass is 32.2. The van der Waals surface area contributed by atoms with E-state index in [-0.39, 0.29) is 17.3 Å². The molecule has 0 unspecified atom stereocenters. The van der Waals surface area contributed by atoms with Crippen LogP contribution in [0.1, 0.15) is 5.56 Å². The lowest BCUT2D eigenvalue weighted by atomic mass is 10.2. The van der Waals surface area contributed by atoms with Crippen molar-refractivity contribution in [3.63, 3.8) is 0 Å². The van der Waals surface area contributed by atoms with Gasteiger partial charge in [-0.2, -0.15) is 4.31 Å². The van der Waals surface area contributed by atoms with Crippen LogP contribution in [0.4, 0.5) is 0 Å². The van der Waals surface area contributed by atoms with Gasteiger partial charge in [0.2, 0.25) is 15.9 Å². The molecule has 0 bridgehead atoms. The molecule has 3 aromatic rings. The third-order valence-electron chi connectivity index (χ3n) is 5.06. The molecule has 1 aromatic carbocycles. The molecule has 1 aliphatic rings. The molecule has 1 saturated heterocycles. The summed E-state index contributed by atoms with van der Waals surface area (Å²) in [5.74, 6) is -0.0622. The van der Waals surface area contributed by atoms with Gasteiger partial charge in [0, 0.05) is 50.5 Å². The summed E-state index contributed by atoms with van der Waals surface area (Å²) in [7, 11) is -3.61. The van der Waals surface area contributed by atoms with Gasteiger partial charge in [-0.15, -0.1) is 0 Å². The molecule has 0 spiro atoms. The van der Waals surface area contributed by atoms with E-state index in [1.54, 1.807) is 18.3 Å². The fraction of sp³-hybridized carbons (Fsp3) is 0.300. The number of hydrogen-bond donors (Lipinski definition) is 2. The van der Waals surface area contributed by atoms with Gasteiger partial charge in [-0.1, -0.05) is 30.3 Å². The highest BCUT2D eigenvalue weighted by Crippen LogP contribution is 2.25. The van der Waals surface area contributed by atoms with Gasteiger partial charge >= 0.3 is 0 Å². The van der Waals surface area contributed by atoms with Gasteiger partial charge < -0.3 is 10.3 Å². The minimum atomic E-state index is -3.61. The summed E-state index contributed by atoms with van der Waals surface area (Å²) >= 11 is 0. The van der Waals surface area contributed by atoms with Crippen LogP contribution in [-0.4, -0.2) is 66.2 Å². The number of H-pyrrole nitrogens is 1. The molecule has 3 heterocycles. The number of aromatic amines is 1. The molecule has 8 nitrogen and oxygen atoms in total. The molecular weight excluding hydrogens is 390 g/mol. The van der Waals surface area contributed by atoms with Crippen LogP contribution in [0.5, 0.6) is 0 Å². The molecule has 0 atom stereocenters. The number of pyridine rings is 1. The standard InChI is InChI=1S/C20H23N5O3S/c26-19(22-13-16-5-2-1-3-6-16)15-24-9-11-25(12-10-24)29(27,28)18-14-23-20-17(18)7-4-8-21-20/h1-8,14H,9-13,15H2,(H,21,23)(H,22,26). The second-order valence-corrected chi connectivity index (χ2v) is 8.90. The van der Waals surface area contributed by atoms with Crippen molar-refractivity contribution in [3.05, 3.63) is 60.4 Å². The third kappa shape index (κ3) is 4.31. The number of nitrogens with one attached hydrogen (secondary N) is 2. The van der Waals surface area contributed by atoms with Crippen LogP contribution < -0.4 is 5.32 Å². The van der Waals surface area contributed by atoms with E-state index in [1.165, 1.54) is 10.5 Å². The number of amides is 1. The van der Waals surface area contributed by atoms with Crippen molar-refractivity contribution in [2.45, 2.75) is 11.4 Å². The molecule has 152 valence electrons. The Labute approximate surface area is 169 Å². The number of carbonyl (C=O) groups is 1. The number of rotatable bonds is 6. The number of fused-ring (bicyclic) bond motifs is 1. The summed E-state index contributed by atoms with van der Waals surface area (Å²) in [6, 6.07) is 13.2. The van der Waals surface area contributed by atoms with E-state index in [1.807, 2.05) is 35.2 Å². The normalized spacial score (nSPS) is 16.1. The van der Waals surface area contributed by atoms with E-state index >= 15 is 0 Å². The molecule has 0 saturated carbocycles. The van der Waals surface area contributed by atoms with Gasteiger partial charge in [0.15, 0.2) is 0 Å². The summed E-state index contributed by atoms with van der Waals surface area (Å²) in [5.41, 5.74) is 1.60. The molecule has 9 heteroatoms. The fourth-order valence-corrected chi connectivity index (χ4v) is 5.04. The maximum atomic E-state index is 13.0. The Kier molecular flexibility index (Phi) is 5.61. The summed E-state index contributed by atoms with van der Waals surface area (Å²) < 4.78 is 27.5. The lowest BCUT2D eigenvalue weighted by molar-refractivity contribution is -0.122. The highest BCUT2D eigenvalue weighted by Gasteiger charge is 2.31. The van der Waals surface area contributed by atoms with Crippen molar-refractivity contribution in [3.8, 4) is 0 Å². The minimum absolute atomic E-state index is 0.0622. The first-order chi connectivity index (χ1) is 14.0. The first-order valence-corrected chi connectivity index (χ1v) is 10.9. The topological polar surface area (TPSA) is 98.4 Å². The molecule has 0 aliphatic carbocycles. The van der Waals surface area contributed by atoms with Gasteiger partial charge in [-0.05, 0) is 17.7 Å². The average molecular weight is 414 g/mol. The number of nitrogens with zero attached hydrogens (tertiary/aromatic N) is 3. The Bertz CT molecular complexity index is 1090. The van der Waals surface area contributed by atoms with Gasteiger partial charge in [0.05, 0.1) is 6.54 Å². The first kappa shape index (κ1) is 19.6. The van der Waals surface area contributed by atoms with Gasteiger partial charge in [-0.25, -0.2) is 13.4 Å². The number of carbonyl (C=O) groups excluding carboxylic acids is 1. The van der Waals surface area contributed by atoms with Gasteiger partial charge in [-0.3, -0.25) is 9.69 Å². The number of piperazine rings is 1.